The SMILES string of the molecule is Cn1cc([C@@H]2O[C@H](CO)[C@H](O)C2O)c(=O)[nH]c1=O.Cn1cc([C@@H]2O[C@H](COP(=S)(Cl)Cl)[C@H](O)C2O)c(=O)[nH]c1=O.Cn1cc([C@@H]2O[C@H](COP(O)(=S)OP(=O)(O)OP(=O)(O)O)[C@H](O)C2O)c(=O)[nH]c1=O.Cn1cc([C@@H]2O[C@H](COP3(=S)OP(=O)(O)OP(=O)(O)O3)[C@H](O)C2O)c(=O)[nH]c1=O. The molecule has 0 bridgehead atoms. The monoisotopic (exact) mass is 1660 g/mol. The van der Waals surface area contributed by atoms with E-state index < -0.39 is 212 Å². The summed E-state index contributed by atoms with van der Waals surface area (Å²) in [5.74, 6) is 0. The lowest BCUT2D eigenvalue weighted by Gasteiger charge is -2.30. The molecule has 9 heterocycles. The second-order valence-electron chi connectivity index (χ2n) is 20.8. The molecule has 560 valence electrons. The molecule has 5 fully saturated rings. The average Bonchev–Trinajstić information content (AvgIpc) is 1.33. The van der Waals surface area contributed by atoms with Gasteiger partial charge in [-0.3, -0.25) is 39.1 Å². The molecule has 0 amide bonds. The second kappa shape index (κ2) is 33.3. The fourth-order valence-corrected chi connectivity index (χ4v) is 20.4. The minimum absolute atomic E-state index is 0.00679. The largest absolute Gasteiger partial charge is 0.488 e. The average molecular weight is 1660 g/mol. The second-order valence-corrected chi connectivity index (χ2v) is 40.2. The summed E-state index contributed by atoms with van der Waals surface area (Å²) >= 11 is 25.0. The number of H-pyrrole nitrogens is 4. The Kier molecular flexibility index (Phi) is 28.6. The van der Waals surface area contributed by atoms with Gasteiger partial charge in [0.25, 0.3) is 22.2 Å². The first-order chi connectivity index (χ1) is 45.3. The Bertz CT molecular complexity index is 4460. The Morgan fingerprint density at radius 1 is 0.485 bits per heavy atom. The van der Waals surface area contributed by atoms with Crippen LogP contribution in [0, 0.1) is 0 Å². The number of rotatable bonds is 18. The number of aromatic nitrogens is 8. The number of ether oxygens (including phenoxy) is 4. The third-order valence-corrected chi connectivity index (χ3v) is 26.6. The Balaban J connectivity index is 0.000000212. The Labute approximate surface area is 573 Å². The first-order valence-electron chi connectivity index (χ1n) is 26.6. The quantitative estimate of drug-likeness (QED) is 0.0412. The van der Waals surface area contributed by atoms with Crippen LogP contribution >= 0.6 is 72.2 Å². The molecule has 0 spiro atoms. The van der Waals surface area contributed by atoms with Gasteiger partial charge in [-0.05, 0) is 57.9 Å². The number of aliphatic hydroxyl groups excluding tert-OH is 9. The van der Waals surface area contributed by atoms with Gasteiger partial charge in [-0.15, -0.1) is 0 Å². The highest BCUT2D eigenvalue weighted by Crippen LogP contribution is 2.80. The van der Waals surface area contributed by atoms with Crippen molar-refractivity contribution in [2.75, 3.05) is 26.4 Å². The fraction of sp³-hybridized carbons (Fsp3) is 0.600. The maximum Gasteiger partial charge on any atom is 0.488 e. The summed E-state index contributed by atoms with van der Waals surface area (Å²) in [5.41, 5.74) is -6.11. The van der Waals surface area contributed by atoms with E-state index >= 15 is 0 Å². The number of aliphatic hydroxyl groups is 9. The van der Waals surface area contributed by atoms with Gasteiger partial charge in [0, 0.05) is 53.0 Å². The molecular formula is C40H59Cl2N8O39P7S3. The lowest BCUT2D eigenvalue weighted by molar-refractivity contribution is -0.0233. The maximum atomic E-state index is 12.0. The van der Waals surface area contributed by atoms with Crippen LogP contribution in [0.25, 0.3) is 0 Å². The molecule has 9 rings (SSSR count). The van der Waals surface area contributed by atoms with E-state index in [4.69, 9.17) is 81.7 Å². The van der Waals surface area contributed by atoms with Crippen LogP contribution in [0.1, 0.15) is 46.7 Å². The van der Waals surface area contributed by atoms with Crippen molar-refractivity contribution in [3.63, 3.8) is 0 Å². The summed E-state index contributed by atoms with van der Waals surface area (Å²) in [4.78, 5) is 152. The van der Waals surface area contributed by atoms with Crippen LogP contribution in [0.15, 0.2) is 63.1 Å². The van der Waals surface area contributed by atoms with Crippen molar-refractivity contribution in [3.05, 3.63) is 130 Å². The zero-order valence-electron chi connectivity index (χ0n) is 49.8. The van der Waals surface area contributed by atoms with Gasteiger partial charge in [0.1, 0.15) is 97.7 Å². The van der Waals surface area contributed by atoms with E-state index in [1.165, 1.54) is 40.6 Å². The number of hydrogen-bond acceptors (Lipinski definition) is 36. The Hall–Kier alpha value is -2.91. The molecule has 4 aromatic rings. The minimum atomic E-state index is -5.52. The van der Waals surface area contributed by atoms with E-state index in [1.807, 2.05) is 9.97 Å². The van der Waals surface area contributed by atoms with Crippen LogP contribution in [0.5, 0.6) is 0 Å². The maximum absolute atomic E-state index is 12.0. The van der Waals surface area contributed by atoms with Crippen molar-refractivity contribution in [2.45, 2.75) is 97.7 Å². The lowest BCUT2D eigenvalue weighted by Crippen LogP contribution is -2.35. The normalized spacial score (nSPS) is 33.5. The smallest absolute Gasteiger partial charge is 0.394 e. The van der Waals surface area contributed by atoms with Crippen molar-refractivity contribution in [3.8, 4) is 0 Å². The molecule has 99 heavy (non-hydrogen) atoms. The van der Waals surface area contributed by atoms with Gasteiger partial charge in [0.05, 0.1) is 48.7 Å². The van der Waals surface area contributed by atoms with E-state index in [0.717, 1.165) is 30.7 Å². The molecule has 19 N–H and O–H groups in total. The molecule has 0 saturated carbocycles. The zero-order chi connectivity index (χ0) is 74.9. The van der Waals surface area contributed by atoms with Crippen molar-refractivity contribution >= 4 is 108 Å². The molecular weight excluding hydrogens is 1600 g/mol. The Morgan fingerprint density at radius 2 is 0.768 bits per heavy atom. The van der Waals surface area contributed by atoms with E-state index in [2.05, 4.69) is 55.1 Å². The summed E-state index contributed by atoms with van der Waals surface area (Å²) in [6, 6.07) is 0. The molecule has 5 aliphatic heterocycles. The number of phosphoric acid groups is 4. The van der Waals surface area contributed by atoms with Crippen molar-refractivity contribution < 1.29 is 148 Å². The van der Waals surface area contributed by atoms with Crippen LogP contribution < -0.4 is 45.0 Å². The molecule has 0 aromatic carbocycles. The van der Waals surface area contributed by atoms with E-state index in [0.29, 0.717) is 0 Å². The van der Waals surface area contributed by atoms with E-state index in [-0.39, 0.29) is 28.9 Å². The molecule has 8 unspecified atom stereocenters. The molecule has 4 aromatic heterocycles. The minimum Gasteiger partial charge on any atom is -0.394 e. The molecule has 5 saturated heterocycles. The fourth-order valence-electron chi connectivity index (χ4n) is 9.00. The Morgan fingerprint density at radius 3 is 1.05 bits per heavy atom. The standard InChI is InChI=1S/C10H13Cl2N2O6PS.C10H17N2O14P3S.C10H15N2O13P3S.C10H14N2O6/c1-14-2-4(9(17)13-10(14)18)8-7(16)6(15)5(20-8)3-19-21(11,12)22;1-12-2-4(9(15)11-10(12)16)8-7(14)6(13)5(24-8)3-23-29(22,30)26-28(20,21)25-27(17,18)19;1-12-2-4(9(15)11-10(12)16)8-7(14)6(13)5(22-8)3-21-28(29)24-26(17,18)23-27(19,20)25-28;1-12-2-4(9(16)11-10(12)17)8-7(15)6(14)5(3-13)18-8/h2,5-8,15-16H,3H2,1H3,(H,13,17,18);2,5-8,13-14H,3H2,1H3,(H,20,21)(H,22,30)(H,11,15,16)(H2,17,18,19);2,5-8,13-14H,3H2,1H3,(H,17,18)(H,19,20)(H,11,15,16);2,5-8,13-15H,3H2,1H3,(H,11,16,17)/t5-,6+,7?,8+;5-,6+,7?,8+,29?;2*5-,6+,7?,8+/m1111/s1. The highest BCUT2D eigenvalue weighted by Gasteiger charge is 2.54. The molecule has 47 nitrogen and oxygen atoms in total. The predicted molar refractivity (Wildman–Crippen MR) is 336 cm³/mol. The first-order valence-corrected chi connectivity index (χ1v) is 42.3. The van der Waals surface area contributed by atoms with Gasteiger partial charge in [0.15, 0.2) is 0 Å². The topological polar surface area (TPSA) is 702 Å². The van der Waals surface area contributed by atoms with Gasteiger partial charge in [-0.25, -0.2) is 50.4 Å². The van der Waals surface area contributed by atoms with Gasteiger partial charge >= 0.3 is 67.5 Å². The number of nitrogens with zero attached hydrogens (tertiary/aromatic N) is 4. The van der Waals surface area contributed by atoms with Gasteiger partial charge < -0.3 is 126 Å². The van der Waals surface area contributed by atoms with Crippen LogP contribution in [0.2, 0.25) is 0 Å². The highest BCUT2D eigenvalue weighted by atomic mass is 35.9. The summed E-state index contributed by atoms with van der Waals surface area (Å²) in [6.45, 7) is -11.2. The van der Waals surface area contributed by atoms with Crippen molar-refractivity contribution in [1.29, 1.82) is 0 Å². The number of aryl methyl sites for hydroxylation is 4. The summed E-state index contributed by atoms with van der Waals surface area (Å²) in [5, 5.41) is 88.9. The number of halogens is 2. The van der Waals surface area contributed by atoms with Crippen molar-refractivity contribution in [2.24, 2.45) is 28.2 Å². The van der Waals surface area contributed by atoms with Crippen LogP contribution in [-0.4, -0.2) is 213 Å². The summed E-state index contributed by atoms with van der Waals surface area (Å²) < 4.78 is 106. The molecule has 20 atom stereocenters. The summed E-state index contributed by atoms with van der Waals surface area (Å²) in [6.07, 6.45) is -16.9. The van der Waals surface area contributed by atoms with Crippen LogP contribution in [-0.2, 0) is 136 Å². The van der Waals surface area contributed by atoms with Gasteiger partial charge in [-0.2, -0.15) is 8.62 Å². The third-order valence-electron chi connectivity index (χ3n) is 13.6. The number of hydrogen-bond donors (Lipinski definition) is 19. The van der Waals surface area contributed by atoms with Crippen LogP contribution in [0.4, 0.5) is 0 Å². The molecule has 5 aliphatic rings. The lowest BCUT2D eigenvalue weighted by atomic mass is 10.0. The zero-order valence-corrected chi connectivity index (χ0v) is 60.0. The summed E-state index contributed by atoms with van der Waals surface area (Å²) in [7, 11) is -15.6. The van der Waals surface area contributed by atoms with Gasteiger partial charge in [0.2, 0.25) is 4.97 Å². The first kappa shape index (κ1) is 85.0. The molecule has 0 aliphatic carbocycles. The van der Waals surface area contributed by atoms with Gasteiger partial charge in [-0.1, -0.05) is 0 Å². The van der Waals surface area contributed by atoms with Crippen molar-refractivity contribution in [1.82, 2.24) is 38.2 Å². The van der Waals surface area contributed by atoms with E-state index in [1.54, 1.807) is 0 Å². The molecule has 59 heteroatoms. The predicted octanol–water partition coefficient (Wildman–Crippen LogP) is -6.38. The third kappa shape index (κ3) is 22.6. The molecule has 0 radical (unpaired) electrons. The number of nitrogens with one attached hydrogen (secondary N) is 4. The van der Waals surface area contributed by atoms with Crippen LogP contribution in [0.3, 0.4) is 0 Å². The number of aromatic amines is 4. The highest BCUT2D eigenvalue weighted by molar-refractivity contribution is 8.36. The van der Waals surface area contributed by atoms with E-state index in [9.17, 15) is 117 Å².